The minimum Gasteiger partial charge on any atom is -0.399 e. The van der Waals surface area contributed by atoms with Gasteiger partial charge in [0, 0.05) is 71.2 Å². The molecular weight excluding hydrogens is 1040 g/mol. The molecule has 0 saturated carbocycles. The van der Waals surface area contributed by atoms with E-state index in [1.807, 2.05) is 106 Å². The summed E-state index contributed by atoms with van der Waals surface area (Å²) >= 11 is 4.94. The highest BCUT2D eigenvalue weighted by Crippen LogP contribution is 2.40. The molecule has 2 aliphatic heterocycles. The molecule has 6 heterocycles. The molecule has 3 amide bonds. The monoisotopic (exact) mass is 1110 g/mol. The molecule has 0 aliphatic carbocycles. The van der Waals surface area contributed by atoms with Crippen molar-refractivity contribution in [3.05, 3.63) is 150 Å². The van der Waals surface area contributed by atoms with Gasteiger partial charge in [0.15, 0.2) is 5.82 Å². The molecule has 7 aromatic rings. The van der Waals surface area contributed by atoms with Crippen LogP contribution in [0.5, 0.6) is 0 Å². The van der Waals surface area contributed by atoms with Gasteiger partial charge in [-0.3, -0.25) is 23.9 Å². The lowest BCUT2D eigenvalue weighted by molar-refractivity contribution is -0.144. The fourth-order valence-corrected chi connectivity index (χ4v) is 12.5. The molecule has 406 valence electrons. The van der Waals surface area contributed by atoms with Gasteiger partial charge >= 0.3 is 0 Å². The molecule has 19 heteroatoms. The summed E-state index contributed by atoms with van der Waals surface area (Å²) in [5.74, 6) is 6.93. The molecule has 4 atom stereocenters. The molecular formula is C59H66N10O6S3. The number of likely N-dealkylation sites (tertiary alicyclic amines) is 1. The van der Waals surface area contributed by atoms with Crippen molar-refractivity contribution < 1.29 is 29.0 Å². The van der Waals surface area contributed by atoms with E-state index in [-0.39, 0.29) is 50.4 Å². The Hall–Kier alpha value is -6.92. The van der Waals surface area contributed by atoms with E-state index in [4.69, 9.17) is 20.2 Å². The van der Waals surface area contributed by atoms with Gasteiger partial charge in [0.05, 0.1) is 52.7 Å². The highest BCUT2D eigenvalue weighted by Gasteiger charge is 2.44. The summed E-state index contributed by atoms with van der Waals surface area (Å²) in [5.41, 5.74) is 17.9. The number of nitrogens with two attached hydrogens (primary N) is 1. The van der Waals surface area contributed by atoms with Gasteiger partial charge in [0.2, 0.25) is 17.7 Å². The summed E-state index contributed by atoms with van der Waals surface area (Å²) in [7, 11) is 0. The summed E-state index contributed by atoms with van der Waals surface area (Å²) in [6.45, 7) is 15.6. The van der Waals surface area contributed by atoms with E-state index in [1.165, 1.54) is 15.3 Å². The zero-order valence-corrected chi connectivity index (χ0v) is 47.5. The molecule has 0 bridgehead atoms. The molecule has 16 nitrogen and oxygen atoms in total. The van der Waals surface area contributed by atoms with Crippen LogP contribution in [0.1, 0.15) is 106 Å². The first-order chi connectivity index (χ1) is 37.5. The molecule has 4 aromatic heterocycles. The molecule has 2 aliphatic rings. The summed E-state index contributed by atoms with van der Waals surface area (Å²) in [4.78, 5) is 59.3. The van der Waals surface area contributed by atoms with Crippen LogP contribution in [0.4, 0.5) is 5.69 Å². The summed E-state index contributed by atoms with van der Waals surface area (Å²) in [6.07, 6.45) is 2.83. The fourth-order valence-electron chi connectivity index (χ4n) is 9.78. The first kappa shape index (κ1) is 55.8. The number of aliphatic hydroxyl groups is 1. The van der Waals surface area contributed by atoms with Crippen molar-refractivity contribution in [2.75, 3.05) is 38.7 Å². The minimum absolute atomic E-state index is 0.00413. The number of carbonyl (C=O) groups is 3. The van der Waals surface area contributed by atoms with Crippen LogP contribution in [-0.2, 0) is 49.7 Å². The number of benzene rings is 3. The number of β-amino-alcohol motifs (C(OH)–C–C–N with tert-alkyl or cyclic N) is 1. The van der Waals surface area contributed by atoms with Crippen molar-refractivity contribution in [2.45, 2.75) is 111 Å². The zero-order chi connectivity index (χ0) is 55.1. The number of ether oxygens (including phenoxy) is 2. The summed E-state index contributed by atoms with van der Waals surface area (Å²) < 4.78 is 13.8. The van der Waals surface area contributed by atoms with Crippen molar-refractivity contribution in [1.82, 2.24) is 40.3 Å². The number of aliphatic imine (C=N–C) groups is 1. The third kappa shape index (κ3) is 13.3. The standard InChI is InChI=1S/C59H66N10O6S3/c1-35-37(3)78-58-51(35)52(64-47(31-50-61-21-26-76-50)55-67-66-38(4)69(55)58)43-15-10-39(11-16-43)9-8-22-74-24-25-75-23-20-42-27-41(28-45(60)29-42)14-19-49(71)65-54(59(5,6)7)57(73)68-33-46(70)30-48(68)56(72)62-32-40-12-17-44(18-13-40)53-36(2)63-34-77-53/h10-13,15-18,21,26-29,34,46-48,54,70H,14,19-20,22-25,30-33,60H2,1-7H3,(H,62,72)(H,65,71)/t46-,47?,48+,54-/m1/s1. The second kappa shape index (κ2) is 24.8. The van der Waals surface area contributed by atoms with Crippen molar-refractivity contribution in [3.8, 4) is 27.3 Å². The highest BCUT2D eigenvalue weighted by molar-refractivity contribution is 7.15. The first-order valence-corrected chi connectivity index (χ1v) is 28.7. The number of aliphatic hydroxyl groups excluding tert-OH is 1. The van der Waals surface area contributed by atoms with E-state index in [2.05, 4.69) is 73.2 Å². The maximum absolute atomic E-state index is 14.2. The Bertz CT molecular complexity index is 3350. The second-order valence-electron chi connectivity index (χ2n) is 20.8. The number of amides is 3. The molecule has 1 unspecified atom stereocenters. The number of nitrogens with one attached hydrogen (secondary N) is 2. The Morgan fingerprint density at radius 2 is 1.64 bits per heavy atom. The number of thiophene rings is 1. The van der Waals surface area contributed by atoms with E-state index in [9.17, 15) is 19.5 Å². The molecule has 9 rings (SSSR count). The van der Waals surface area contributed by atoms with Crippen molar-refractivity contribution in [3.63, 3.8) is 0 Å². The molecule has 1 saturated heterocycles. The molecule has 5 N–H and O–H groups in total. The smallest absolute Gasteiger partial charge is 0.246 e. The van der Waals surface area contributed by atoms with Gasteiger partial charge in [-0.2, -0.15) is 0 Å². The van der Waals surface area contributed by atoms with Gasteiger partial charge in [0.25, 0.3) is 0 Å². The van der Waals surface area contributed by atoms with Crippen LogP contribution < -0.4 is 16.4 Å². The first-order valence-electron chi connectivity index (χ1n) is 26.2. The average Bonchev–Trinajstić information content (AvgIpc) is 4.36. The van der Waals surface area contributed by atoms with E-state index >= 15 is 0 Å². The number of rotatable bonds is 19. The summed E-state index contributed by atoms with van der Waals surface area (Å²) in [5, 5.41) is 29.7. The third-order valence-electron chi connectivity index (χ3n) is 14.0. The Kier molecular flexibility index (Phi) is 17.8. The lowest BCUT2D eigenvalue weighted by Crippen LogP contribution is -2.57. The normalized spacial score (nSPS) is 16.4. The minimum atomic E-state index is -0.932. The number of carbonyl (C=O) groups excluding carboxylic acids is 3. The number of aryl methyl sites for hydroxylation is 4. The predicted octanol–water partition coefficient (Wildman–Crippen LogP) is 8.23. The topological polar surface area (TPSA) is 212 Å². The summed E-state index contributed by atoms with van der Waals surface area (Å²) in [6, 6.07) is 19.8. The Morgan fingerprint density at radius 3 is 2.36 bits per heavy atom. The number of thiazole rings is 2. The Balaban J connectivity index is 0.713. The molecule has 3 aromatic carbocycles. The van der Waals surface area contributed by atoms with Crippen LogP contribution in [-0.4, -0.2) is 109 Å². The van der Waals surface area contributed by atoms with Crippen LogP contribution in [0.25, 0.3) is 15.4 Å². The largest absolute Gasteiger partial charge is 0.399 e. The number of aromatic nitrogens is 5. The molecule has 0 radical (unpaired) electrons. The van der Waals surface area contributed by atoms with Gasteiger partial charge in [-0.05, 0) is 98.0 Å². The number of fused-ring (bicyclic) bond motifs is 3. The Morgan fingerprint density at radius 1 is 0.897 bits per heavy atom. The SMILES string of the molecule is Cc1ncsc1-c1ccc(CNC(=O)[C@@H]2C[C@@H](O)CN2C(=O)[C@@H](NC(=O)CCc2cc(N)cc(CCOCCOCC#Cc3ccc(C4=NC(Cc5nccs5)c5nnc(C)n5-c5sc(C)c(C)c54)cc3)c2)C(C)(C)C)cc1. The number of nitrogens with zero attached hydrogens (tertiary/aromatic N) is 7. The number of hydrogen-bond acceptors (Lipinski definition) is 15. The van der Waals surface area contributed by atoms with Gasteiger partial charge < -0.3 is 35.8 Å². The average molecular weight is 1110 g/mol. The lowest BCUT2D eigenvalue weighted by atomic mass is 9.85. The molecule has 78 heavy (non-hydrogen) atoms. The number of anilines is 1. The van der Waals surface area contributed by atoms with Crippen LogP contribution in [0.2, 0.25) is 0 Å². The Labute approximate surface area is 467 Å². The van der Waals surface area contributed by atoms with E-state index in [1.54, 1.807) is 34.0 Å². The van der Waals surface area contributed by atoms with Gasteiger partial charge in [-0.15, -0.1) is 44.2 Å². The third-order valence-corrected chi connectivity index (χ3v) is 17.0. The van der Waals surface area contributed by atoms with Crippen LogP contribution in [0, 0.1) is 45.0 Å². The number of hydrogen-bond donors (Lipinski definition) is 4. The predicted molar refractivity (Wildman–Crippen MR) is 307 cm³/mol. The van der Waals surface area contributed by atoms with Gasteiger partial charge in [-0.25, -0.2) is 9.97 Å². The molecule has 0 spiro atoms. The van der Waals surface area contributed by atoms with Crippen LogP contribution >= 0.6 is 34.0 Å². The zero-order valence-electron chi connectivity index (χ0n) is 45.1. The van der Waals surface area contributed by atoms with Crippen molar-refractivity contribution in [2.24, 2.45) is 10.4 Å². The van der Waals surface area contributed by atoms with Crippen LogP contribution in [0.3, 0.4) is 0 Å². The van der Waals surface area contributed by atoms with Gasteiger partial charge in [-0.1, -0.05) is 75.1 Å². The fraction of sp³-hybridized carbons (Fsp3) is 0.390. The molecule has 1 fully saturated rings. The quantitative estimate of drug-likeness (QED) is 0.0344. The second-order valence-corrected chi connectivity index (χ2v) is 23.9. The van der Waals surface area contributed by atoms with Crippen LogP contribution in [0.15, 0.2) is 88.8 Å². The van der Waals surface area contributed by atoms with Crippen molar-refractivity contribution in [1.29, 1.82) is 0 Å². The lowest BCUT2D eigenvalue weighted by Gasteiger charge is -2.35. The maximum atomic E-state index is 14.2. The van der Waals surface area contributed by atoms with E-state index in [0.717, 1.165) is 76.9 Å². The van der Waals surface area contributed by atoms with E-state index in [0.29, 0.717) is 44.8 Å². The highest BCUT2D eigenvalue weighted by atomic mass is 32.1. The van der Waals surface area contributed by atoms with E-state index < -0.39 is 29.5 Å². The maximum Gasteiger partial charge on any atom is 0.246 e. The van der Waals surface area contributed by atoms with Crippen molar-refractivity contribution >= 4 is 63.1 Å². The van der Waals surface area contributed by atoms with Gasteiger partial charge in [0.1, 0.15) is 35.6 Å². The number of nitrogen functional groups attached to an aromatic ring is 1.